The summed E-state index contributed by atoms with van der Waals surface area (Å²) in [4.78, 5) is 13.6. The second-order valence-electron chi connectivity index (χ2n) is 9.23. The number of hydrogen-bond acceptors (Lipinski definition) is 3. The summed E-state index contributed by atoms with van der Waals surface area (Å²) in [7, 11) is 0. The van der Waals surface area contributed by atoms with Gasteiger partial charge in [0.05, 0.1) is 29.1 Å². The van der Waals surface area contributed by atoms with Crippen molar-refractivity contribution in [2.75, 3.05) is 6.61 Å². The molecule has 1 aromatic heterocycles. The van der Waals surface area contributed by atoms with E-state index in [4.69, 9.17) is 28.3 Å². The first-order valence-corrected chi connectivity index (χ1v) is 13.2. The average molecular weight is 550 g/mol. The maximum atomic E-state index is 13.6. The molecule has 1 heterocycles. The number of amides is 1. The molecular weight excluding hydrogens is 524 g/mol. The number of benzene rings is 3. The first kappa shape index (κ1) is 26.2. The molecule has 0 saturated carbocycles. The van der Waals surface area contributed by atoms with Crippen molar-refractivity contribution < 1.29 is 14.3 Å². The van der Waals surface area contributed by atoms with Crippen LogP contribution in [0, 0.1) is 5.82 Å². The second kappa shape index (κ2) is 11.5. The van der Waals surface area contributed by atoms with Gasteiger partial charge in [-0.25, -0.2) is 9.07 Å². The maximum Gasteiger partial charge on any atom is 0.272 e. The fourth-order valence-corrected chi connectivity index (χ4v) is 5.30. The van der Waals surface area contributed by atoms with Crippen LogP contribution >= 0.6 is 23.2 Å². The standard InChI is InChI=1S/C30H26Cl2FN3O2/c31-22-12-15-27(25(32)17-22)36-29-21(16-19-10-13-23(33)14-11-19)8-4-5-9-24(29)28(35-36)30(38)34-26(18-37)20-6-2-1-3-7-20/h1-3,6-7,10-17,26,37H,4-5,8-9,18H2,(H,34,38)/t26-/m1/s1. The van der Waals surface area contributed by atoms with E-state index < -0.39 is 6.04 Å². The van der Waals surface area contributed by atoms with E-state index >= 15 is 0 Å². The Balaban J connectivity index is 1.64. The Labute approximate surface area is 230 Å². The van der Waals surface area contributed by atoms with Gasteiger partial charge in [-0.05, 0) is 78.8 Å². The van der Waals surface area contributed by atoms with E-state index in [9.17, 15) is 14.3 Å². The lowest BCUT2D eigenvalue weighted by Crippen LogP contribution is -2.31. The number of rotatable bonds is 6. The molecule has 0 saturated heterocycles. The SMILES string of the molecule is O=C(N[C@H](CO)c1ccccc1)c1nn(-c2ccc(Cl)cc2Cl)c2c1CCCCC2=Cc1ccc(F)cc1. The fourth-order valence-electron chi connectivity index (χ4n) is 4.81. The number of carbonyl (C=O) groups is 1. The molecule has 0 spiro atoms. The molecule has 1 aliphatic carbocycles. The molecule has 8 heteroatoms. The third-order valence-electron chi connectivity index (χ3n) is 6.66. The van der Waals surface area contributed by atoms with Crippen LogP contribution in [0.3, 0.4) is 0 Å². The van der Waals surface area contributed by atoms with Gasteiger partial charge in [0.25, 0.3) is 5.91 Å². The van der Waals surface area contributed by atoms with Crippen molar-refractivity contribution in [3.05, 3.63) is 117 Å². The molecule has 1 atom stereocenters. The topological polar surface area (TPSA) is 67.2 Å². The normalized spacial score (nSPS) is 15.1. The van der Waals surface area contributed by atoms with Crippen molar-refractivity contribution in [1.29, 1.82) is 0 Å². The smallest absolute Gasteiger partial charge is 0.272 e. The van der Waals surface area contributed by atoms with E-state index in [1.165, 1.54) is 12.1 Å². The number of aliphatic hydroxyl groups excluding tert-OH is 1. The minimum absolute atomic E-state index is 0.253. The predicted octanol–water partition coefficient (Wildman–Crippen LogP) is 7.05. The summed E-state index contributed by atoms with van der Waals surface area (Å²) in [5.41, 5.74) is 5.10. The van der Waals surface area contributed by atoms with Crippen LogP contribution in [0.1, 0.15) is 58.2 Å². The van der Waals surface area contributed by atoms with Gasteiger partial charge in [-0.1, -0.05) is 65.7 Å². The number of aromatic nitrogens is 2. The summed E-state index contributed by atoms with van der Waals surface area (Å²) in [6.07, 6.45) is 5.20. The molecule has 0 bridgehead atoms. The zero-order valence-electron chi connectivity index (χ0n) is 20.5. The van der Waals surface area contributed by atoms with E-state index in [2.05, 4.69) is 5.32 Å². The minimum Gasteiger partial charge on any atom is -0.394 e. The maximum absolute atomic E-state index is 13.6. The minimum atomic E-state index is -0.580. The molecule has 2 N–H and O–H groups in total. The number of carbonyl (C=O) groups excluding carboxylic acids is 1. The molecule has 0 radical (unpaired) electrons. The third-order valence-corrected chi connectivity index (χ3v) is 7.20. The zero-order valence-corrected chi connectivity index (χ0v) is 22.0. The molecule has 0 aliphatic heterocycles. The number of fused-ring (bicyclic) bond motifs is 1. The quantitative estimate of drug-likeness (QED) is 0.253. The van der Waals surface area contributed by atoms with Gasteiger partial charge in [-0.2, -0.15) is 5.10 Å². The Hall–Kier alpha value is -3.45. The number of nitrogens with zero attached hydrogens (tertiary/aromatic N) is 2. The molecule has 1 amide bonds. The lowest BCUT2D eigenvalue weighted by Gasteiger charge is -2.16. The van der Waals surface area contributed by atoms with Gasteiger partial charge in [0.1, 0.15) is 5.82 Å². The van der Waals surface area contributed by atoms with E-state index in [1.807, 2.05) is 36.4 Å². The highest BCUT2D eigenvalue weighted by Gasteiger charge is 2.29. The van der Waals surface area contributed by atoms with E-state index in [0.29, 0.717) is 22.2 Å². The van der Waals surface area contributed by atoms with Gasteiger partial charge in [0, 0.05) is 10.6 Å². The largest absolute Gasteiger partial charge is 0.394 e. The molecule has 38 heavy (non-hydrogen) atoms. The number of aliphatic hydroxyl groups is 1. The first-order chi connectivity index (χ1) is 18.4. The Kier molecular flexibility index (Phi) is 7.93. The van der Waals surface area contributed by atoms with Crippen molar-refractivity contribution in [3.8, 4) is 5.69 Å². The van der Waals surface area contributed by atoms with Crippen molar-refractivity contribution in [3.63, 3.8) is 0 Å². The van der Waals surface area contributed by atoms with E-state index in [0.717, 1.165) is 47.2 Å². The van der Waals surface area contributed by atoms with Crippen LogP contribution in [0.25, 0.3) is 17.3 Å². The Morgan fingerprint density at radius 2 is 1.79 bits per heavy atom. The van der Waals surface area contributed by atoms with Crippen molar-refractivity contribution in [2.45, 2.75) is 31.7 Å². The number of halogens is 3. The Bertz CT molecular complexity index is 1480. The summed E-state index contributed by atoms with van der Waals surface area (Å²) in [6.45, 7) is -0.253. The monoisotopic (exact) mass is 549 g/mol. The molecule has 1 aliphatic rings. The van der Waals surface area contributed by atoms with Crippen LogP contribution in [-0.4, -0.2) is 27.4 Å². The van der Waals surface area contributed by atoms with Gasteiger partial charge in [0.15, 0.2) is 5.69 Å². The van der Waals surface area contributed by atoms with Crippen LogP contribution in [-0.2, 0) is 6.42 Å². The summed E-state index contributed by atoms with van der Waals surface area (Å²) >= 11 is 12.8. The summed E-state index contributed by atoms with van der Waals surface area (Å²) < 4.78 is 15.3. The Morgan fingerprint density at radius 3 is 2.50 bits per heavy atom. The van der Waals surface area contributed by atoms with Crippen LogP contribution in [0.4, 0.5) is 4.39 Å². The van der Waals surface area contributed by atoms with Gasteiger partial charge in [-0.15, -0.1) is 0 Å². The highest BCUT2D eigenvalue weighted by Crippen LogP contribution is 2.37. The molecule has 4 aromatic rings. The predicted molar refractivity (Wildman–Crippen MR) is 149 cm³/mol. The fraction of sp³-hybridized carbons (Fsp3) is 0.200. The van der Waals surface area contributed by atoms with Crippen LogP contribution in [0.15, 0.2) is 72.8 Å². The second-order valence-corrected chi connectivity index (χ2v) is 10.1. The Morgan fingerprint density at radius 1 is 1.05 bits per heavy atom. The van der Waals surface area contributed by atoms with Crippen LogP contribution < -0.4 is 5.32 Å². The molecule has 5 rings (SSSR count). The highest BCUT2D eigenvalue weighted by molar-refractivity contribution is 6.35. The highest BCUT2D eigenvalue weighted by atomic mass is 35.5. The van der Waals surface area contributed by atoms with Gasteiger partial charge in [0.2, 0.25) is 0 Å². The summed E-state index contributed by atoms with van der Waals surface area (Å²) in [6, 6.07) is 20.2. The molecule has 0 fully saturated rings. The first-order valence-electron chi connectivity index (χ1n) is 12.4. The van der Waals surface area contributed by atoms with Gasteiger partial charge in [-0.3, -0.25) is 4.79 Å². The van der Waals surface area contributed by atoms with Crippen LogP contribution in [0.5, 0.6) is 0 Å². The van der Waals surface area contributed by atoms with E-state index in [-0.39, 0.29) is 24.0 Å². The van der Waals surface area contributed by atoms with Gasteiger partial charge < -0.3 is 10.4 Å². The lowest BCUT2D eigenvalue weighted by molar-refractivity contribution is 0.0909. The number of hydrogen-bond donors (Lipinski definition) is 2. The molecule has 5 nitrogen and oxygen atoms in total. The number of nitrogens with one attached hydrogen (secondary N) is 1. The zero-order chi connectivity index (χ0) is 26.6. The molecular formula is C30H26Cl2FN3O2. The molecule has 194 valence electrons. The van der Waals surface area contributed by atoms with Crippen molar-refractivity contribution >= 4 is 40.8 Å². The molecule has 0 unspecified atom stereocenters. The van der Waals surface area contributed by atoms with Gasteiger partial charge >= 0.3 is 0 Å². The molecule has 3 aromatic carbocycles. The summed E-state index contributed by atoms with van der Waals surface area (Å²) in [5.74, 6) is -0.682. The average Bonchev–Trinajstić information content (AvgIpc) is 3.17. The van der Waals surface area contributed by atoms with Crippen molar-refractivity contribution in [2.24, 2.45) is 0 Å². The lowest BCUT2D eigenvalue weighted by atomic mass is 10.0. The van der Waals surface area contributed by atoms with Crippen molar-refractivity contribution in [1.82, 2.24) is 15.1 Å². The number of allylic oxidation sites excluding steroid dienone is 1. The summed E-state index contributed by atoms with van der Waals surface area (Å²) in [5, 5.41) is 18.6. The van der Waals surface area contributed by atoms with Crippen LogP contribution in [0.2, 0.25) is 10.0 Å². The van der Waals surface area contributed by atoms with E-state index in [1.54, 1.807) is 35.0 Å². The third kappa shape index (κ3) is 5.53.